The molecule has 0 rings (SSSR count). The van der Waals surface area contributed by atoms with E-state index in [-0.39, 0.29) is 35.6 Å². The van der Waals surface area contributed by atoms with Crippen molar-refractivity contribution in [2.75, 3.05) is 6.61 Å². The third kappa shape index (κ3) is 8.93. The number of esters is 1. The number of ketones is 1. The molecule has 0 aliphatic heterocycles. The molecule has 6 nitrogen and oxygen atoms in total. The maximum absolute atomic E-state index is 13.3. The van der Waals surface area contributed by atoms with Crippen LogP contribution in [0.4, 0.5) is 0 Å². The van der Waals surface area contributed by atoms with Crippen molar-refractivity contribution in [3.8, 4) is 0 Å². The fourth-order valence-electron chi connectivity index (χ4n) is 3.62. The van der Waals surface area contributed by atoms with E-state index in [9.17, 15) is 14.4 Å². The highest BCUT2D eigenvalue weighted by molar-refractivity contribution is 5.90. The summed E-state index contributed by atoms with van der Waals surface area (Å²) in [5, 5.41) is 0. The molecule has 188 valence electrons. The highest BCUT2D eigenvalue weighted by Gasteiger charge is 2.43. The maximum atomic E-state index is 13.3. The Kier molecular flexibility index (Phi) is 12.3. The van der Waals surface area contributed by atoms with Gasteiger partial charge in [-0.05, 0) is 58.3 Å². The van der Waals surface area contributed by atoms with Crippen LogP contribution in [0.5, 0.6) is 0 Å². The van der Waals surface area contributed by atoms with Crippen LogP contribution in [0, 0.1) is 17.3 Å². The lowest BCUT2D eigenvalue weighted by Gasteiger charge is -2.44. The minimum absolute atomic E-state index is 0.112. The third-order valence-electron chi connectivity index (χ3n) is 6.87. The highest BCUT2D eigenvalue weighted by atomic mass is 16.6. The van der Waals surface area contributed by atoms with Crippen LogP contribution in [0.25, 0.3) is 0 Å². The Morgan fingerprint density at radius 3 is 1.94 bits per heavy atom. The van der Waals surface area contributed by atoms with Crippen LogP contribution in [0.2, 0.25) is 0 Å². The van der Waals surface area contributed by atoms with Crippen LogP contribution < -0.4 is 0 Å². The number of hydrogen-bond acceptors (Lipinski definition) is 6. The SMILES string of the molecule is CCC(C)(OCC(C)OC(=O)C(C)CC(C)CC=O)C(=O)C(C)OC(C)(CC)C(C)(C)C. The van der Waals surface area contributed by atoms with Gasteiger partial charge in [0.15, 0.2) is 5.78 Å². The smallest absolute Gasteiger partial charge is 0.309 e. The minimum atomic E-state index is -1.03. The summed E-state index contributed by atoms with van der Waals surface area (Å²) in [5.41, 5.74) is -1.60. The lowest BCUT2D eigenvalue weighted by atomic mass is 9.75. The van der Waals surface area contributed by atoms with E-state index >= 15 is 0 Å². The van der Waals surface area contributed by atoms with Crippen LogP contribution in [0.15, 0.2) is 0 Å². The molecule has 0 fully saturated rings. The molecule has 6 heteroatoms. The second-order valence-corrected chi connectivity index (χ2v) is 10.7. The molecular formula is C26H48O6. The fourth-order valence-corrected chi connectivity index (χ4v) is 3.62. The summed E-state index contributed by atoms with van der Waals surface area (Å²) in [5.74, 6) is -0.599. The average molecular weight is 457 g/mol. The summed E-state index contributed by atoms with van der Waals surface area (Å²) in [7, 11) is 0. The molecule has 6 unspecified atom stereocenters. The number of carbonyl (C=O) groups is 3. The Morgan fingerprint density at radius 2 is 1.50 bits per heavy atom. The van der Waals surface area contributed by atoms with Gasteiger partial charge in [0.1, 0.15) is 24.1 Å². The van der Waals surface area contributed by atoms with Crippen molar-refractivity contribution in [2.24, 2.45) is 17.3 Å². The molecule has 0 saturated carbocycles. The average Bonchev–Trinajstić information content (AvgIpc) is 2.70. The first-order chi connectivity index (χ1) is 14.6. The summed E-state index contributed by atoms with van der Waals surface area (Å²) in [6.07, 6.45) is 2.05. The Hall–Kier alpha value is -1.27. The van der Waals surface area contributed by atoms with Gasteiger partial charge in [0, 0.05) is 6.42 Å². The van der Waals surface area contributed by atoms with Crippen LogP contribution in [0.1, 0.15) is 102 Å². The molecule has 0 aromatic rings. The van der Waals surface area contributed by atoms with Crippen molar-refractivity contribution >= 4 is 18.0 Å². The van der Waals surface area contributed by atoms with E-state index in [1.54, 1.807) is 27.7 Å². The minimum Gasteiger partial charge on any atom is -0.460 e. The van der Waals surface area contributed by atoms with Gasteiger partial charge < -0.3 is 19.0 Å². The number of aldehydes is 1. The van der Waals surface area contributed by atoms with Crippen molar-refractivity contribution in [3.63, 3.8) is 0 Å². The van der Waals surface area contributed by atoms with Crippen LogP contribution in [-0.4, -0.2) is 48.1 Å². The molecule has 0 bridgehead atoms. The molecule has 32 heavy (non-hydrogen) atoms. The van der Waals surface area contributed by atoms with Gasteiger partial charge >= 0.3 is 5.97 Å². The normalized spacial score (nSPS) is 19.7. The van der Waals surface area contributed by atoms with Gasteiger partial charge in [-0.3, -0.25) is 9.59 Å². The standard InChI is InChI=1S/C26H48O6/c1-12-25(10,22(28)21(6)32-26(11,13-2)24(7,8)9)30-17-20(5)31-23(29)19(4)16-18(3)14-15-27/h15,18-21H,12-14,16-17H2,1-11H3. The number of ether oxygens (including phenoxy) is 3. The van der Waals surface area contributed by atoms with Gasteiger partial charge in [0.2, 0.25) is 0 Å². The number of hydrogen-bond donors (Lipinski definition) is 0. The van der Waals surface area contributed by atoms with Gasteiger partial charge in [0.25, 0.3) is 0 Å². The predicted molar refractivity (Wildman–Crippen MR) is 128 cm³/mol. The van der Waals surface area contributed by atoms with E-state index in [0.717, 1.165) is 12.7 Å². The predicted octanol–water partition coefficient (Wildman–Crippen LogP) is 5.54. The van der Waals surface area contributed by atoms with E-state index in [1.807, 2.05) is 20.8 Å². The molecule has 0 saturated heterocycles. The van der Waals surface area contributed by atoms with Gasteiger partial charge in [-0.2, -0.15) is 0 Å². The Bertz CT molecular complexity index is 610. The second-order valence-electron chi connectivity index (χ2n) is 10.7. The number of carbonyl (C=O) groups excluding carboxylic acids is 3. The zero-order valence-corrected chi connectivity index (χ0v) is 22.4. The maximum Gasteiger partial charge on any atom is 0.309 e. The summed E-state index contributed by atoms with van der Waals surface area (Å²) in [6, 6.07) is 0. The largest absolute Gasteiger partial charge is 0.460 e. The molecule has 0 heterocycles. The molecule has 6 atom stereocenters. The molecule has 0 aliphatic rings. The van der Waals surface area contributed by atoms with E-state index < -0.39 is 23.4 Å². The van der Waals surface area contributed by atoms with Crippen LogP contribution in [-0.2, 0) is 28.6 Å². The zero-order chi connectivity index (χ0) is 25.3. The van der Waals surface area contributed by atoms with Gasteiger partial charge in [-0.25, -0.2) is 0 Å². The molecule has 0 N–H and O–H groups in total. The highest BCUT2D eigenvalue weighted by Crippen LogP contribution is 2.38. The monoisotopic (exact) mass is 456 g/mol. The molecular weight excluding hydrogens is 408 g/mol. The lowest BCUT2D eigenvalue weighted by Crippen LogP contribution is -2.51. The Morgan fingerprint density at radius 1 is 0.938 bits per heavy atom. The van der Waals surface area contributed by atoms with Crippen molar-refractivity contribution in [1.29, 1.82) is 0 Å². The first-order valence-electron chi connectivity index (χ1n) is 12.1. The van der Waals surface area contributed by atoms with Crippen molar-refractivity contribution in [3.05, 3.63) is 0 Å². The Labute approximate surface area is 196 Å². The first kappa shape index (κ1) is 30.7. The van der Waals surface area contributed by atoms with E-state index in [1.165, 1.54) is 0 Å². The fraction of sp³-hybridized carbons (Fsp3) is 0.885. The Balaban J connectivity index is 4.99. The number of Topliss-reactive ketones (excluding diaryl/α,β-unsaturated/α-hetero) is 1. The topological polar surface area (TPSA) is 78.9 Å². The molecule has 0 radical (unpaired) electrons. The van der Waals surface area contributed by atoms with Crippen molar-refractivity contribution in [1.82, 2.24) is 0 Å². The van der Waals surface area contributed by atoms with E-state index in [0.29, 0.717) is 19.3 Å². The van der Waals surface area contributed by atoms with Gasteiger partial charge in [-0.15, -0.1) is 0 Å². The second kappa shape index (κ2) is 12.8. The molecule has 0 spiro atoms. The van der Waals surface area contributed by atoms with Crippen molar-refractivity contribution < 1.29 is 28.6 Å². The summed E-state index contributed by atoms with van der Waals surface area (Å²) in [6.45, 7) is 21.5. The van der Waals surface area contributed by atoms with Crippen molar-refractivity contribution in [2.45, 2.75) is 125 Å². The molecule has 0 aromatic carbocycles. The lowest BCUT2D eigenvalue weighted by molar-refractivity contribution is -0.182. The van der Waals surface area contributed by atoms with Gasteiger partial charge in [0.05, 0.1) is 18.1 Å². The van der Waals surface area contributed by atoms with E-state index in [2.05, 4.69) is 27.7 Å². The quantitative estimate of drug-likeness (QED) is 0.238. The van der Waals surface area contributed by atoms with Crippen LogP contribution in [0.3, 0.4) is 0 Å². The molecule has 0 aliphatic carbocycles. The molecule has 0 amide bonds. The number of rotatable bonds is 15. The third-order valence-corrected chi connectivity index (χ3v) is 6.87. The first-order valence-corrected chi connectivity index (χ1v) is 12.1. The van der Waals surface area contributed by atoms with E-state index in [4.69, 9.17) is 14.2 Å². The summed E-state index contributed by atoms with van der Waals surface area (Å²) < 4.78 is 17.8. The van der Waals surface area contributed by atoms with Gasteiger partial charge in [-0.1, -0.05) is 48.5 Å². The molecule has 0 aromatic heterocycles. The van der Waals surface area contributed by atoms with Crippen LogP contribution >= 0.6 is 0 Å². The zero-order valence-electron chi connectivity index (χ0n) is 22.4. The summed E-state index contributed by atoms with van der Waals surface area (Å²) >= 11 is 0. The summed E-state index contributed by atoms with van der Waals surface area (Å²) in [4.78, 5) is 36.2.